The van der Waals surface area contributed by atoms with Crippen LogP contribution in [0.3, 0.4) is 0 Å². The molecule has 0 amide bonds. The molecule has 0 saturated heterocycles. The molecule has 0 aliphatic heterocycles. The molecule has 0 aliphatic rings. The van der Waals surface area contributed by atoms with E-state index >= 15 is 0 Å². The molecule has 0 fully saturated rings. The van der Waals surface area contributed by atoms with Gasteiger partial charge in [0.05, 0.1) is 39.0 Å². The average Bonchev–Trinajstić information content (AvgIpc) is 3.59. The summed E-state index contributed by atoms with van der Waals surface area (Å²) in [6.07, 6.45) is 0. The van der Waals surface area contributed by atoms with Crippen molar-refractivity contribution in [1.82, 2.24) is 19.1 Å². The zero-order valence-electron chi connectivity index (χ0n) is 49.1. The zero-order valence-corrected chi connectivity index (χ0v) is 51.4. The predicted molar refractivity (Wildman–Crippen MR) is 337 cm³/mol. The van der Waals surface area contributed by atoms with Crippen LogP contribution in [-0.4, -0.2) is 24.2 Å². The SMILES string of the molecule is CC(C)c1cccc(C(C)C)c1-n1c(-c2[c-]c(-c3cccc4c3nc(-c3cc(C(C)(C)C)cc(C(C)(C)C)c3O)n4-c3ccccc3-c3ccccc3)cc(C(C)(C)C)c2)nc2ccc3c(oc4ccc5c6ccccc6oc5c43)c21.[Pt]. The molecule has 0 aliphatic carbocycles. The summed E-state index contributed by atoms with van der Waals surface area (Å²) in [4.78, 5) is 11.5. The molecule has 4 heterocycles. The van der Waals surface area contributed by atoms with E-state index in [4.69, 9.17) is 18.8 Å². The number of aromatic hydroxyl groups is 1. The van der Waals surface area contributed by atoms with E-state index in [2.05, 4.69) is 257 Å². The van der Waals surface area contributed by atoms with Crippen LogP contribution in [0.4, 0.5) is 0 Å². The number of hydrogen-bond acceptors (Lipinski definition) is 5. The van der Waals surface area contributed by atoms with E-state index in [-0.39, 0.29) is 54.9 Å². The smallest absolute Gasteiger partial charge is 0.161 e. The standard InChI is InChI=1S/C74H69N4O3.Pt/c1-42(2)49-27-21-28-50(43(3)4)65(49)78-66-58(35-33-55-63-62(81-69(55)66)36-34-54-53-26-18-20-32-61(53)80-68(54)63)75-70(78)46-37-45(38-47(39-46)72(5,6)7)52-29-22-31-60-64(52)76-71(56-40-48(73(8,9)10)41-57(67(56)79)74(11,12)13)77(60)59-30-19-17-25-51(59)44-23-15-14-16-24-44;/h14-36,38-43,79H,1-13H3;/q-1;. The summed E-state index contributed by atoms with van der Waals surface area (Å²) in [5.74, 6) is 2.03. The number of imidazole rings is 2. The van der Waals surface area contributed by atoms with E-state index in [9.17, 15) is 5.11 Å². The fourth-order valence-corrected chi connectivity index (χ4v) is 12.2. The second kappa shape index (κ2) is 19.9. The van der Waals surface area contributed by atoms with Gasteiger partial charge in [-0.05, 0) is 98.9 Å². The van der Waals surface area contributed by atoms with Crippen LogP contribution in [0.2, 0.25) is 0 Å². The van der Waals surface area contributed by atoms with Crippen LogP contribution in [0.5, 0.6) is 5.75 Å². The second-order valence-corrected chi connectivity index (χ2v) is 25.9. The number of hydrogen-bond donors (Lipinski definition) is 1. The Morgan fingerprint density at radius 2 is 1.12 bits per heavy atom. The Bertz CT molecular complexity index is 4630. The fourth-order valence-electron chi connectivity index (χ4n) is 12.2. The van der Waals surface area contributed by atoms with Crippen molar-refractivity contribution in [1.29, 1.82) is 0 Å². The second-order valence-electron chi connectivity index (χ2n) is 25.9. The van der Waals surface area contributed by atoms with Crippen molar-refractivity contribution in [2.75, 3.05) is 0 Å². The van der Waals surface area contributed by atoms with Gasteiger partial charge in [-0.3, -0.25) is 9.55 Å². The Morgan fingerprint density at radius 1 is 0.500 bits per heavy atom. The third-order valence-corrected chi connectivity index (χ3v) is 16.5. The van der Waals surface area contributed by atoms with Crippen LogP contribution in [0.15, 0.2) is 173 Å². The van der Waals surface area contributed by atoms with Crippen LogP contribution in [0, 0.1) is 6.07 Å². The average molecular weight is 1260 g/mol. The largest absolute Gasteiger partial charge is 0.507 e. The Labute approximate surface area is 494 Å². The molecule has 13 aromatic rings. The van der Waals surface area contributed by atoms with Crippen molar-refractivity contribution in [3.05, 3.63) is 198 Å². The predicted octanol–water partition coefficient (Wildman–Crippen LogP) is 20.5. The molecule has 1 N–H and O–H groups in total. The summed E-state index contributed by atoms with van der Waals surface area (Å²) in [7, 11) is 0. The number of aromatic nitrogens is 4. The van der Waals surface area contributed by atoms with Gasteiger partial charge in [0.2, 0.25) is 0 Å². The molecule has 0 radical (unpaired) electrons. The maximum absolute atomic E-state index is 12.7. The molecule has 13 rings (SSSR count). The maximum atomic E-state index is 12.7. The van der Waals surface area contributed by atoms with Crippen molar-refractivity contribution < 1.29 is 35.0 Å². The minimum absolute atomic E-state index is 0. The first kappa shape index (κ1) is 54.6. The number of para-hydroxylation sites is 4. The molecule has 0 bridgehead atoms. The van der Waals surface area contributed by atoms with E-state index in [1.165, 1.54) is 11.1 Å². The first-order chi connectivity index (χ1) is 38.7. The normalized spacial score (nSPS) is 12.6. The summed E-state index contributed by atoms with van der Waals surface area (Å²) < 4.78 is 18.5. The number of phenols is 1. The van der Waals surface area contributed by atoms with Gasteiger partial charge < -0.3 is 18.5 Å². The Hall–Kier alpha value is -7.99. The van der Waals surface area contributed by atoms with Gasteiger partial charge in [0.25, 0.3) is 0 Å². The van der Waals surface area contributed by atoms with Gasteiger partial charge in [-0.1, -0.05) is 204 Å². The summed E-state index contributed by atoms with van der Waals surface area (Å²) in [5, 5.41) is 16.8. The summed E-state index contributed by atoms with van der Waals surface area (Å²) in [6, 6.07) is 61.9. The van der Waals surface area contributed by atoms with E-state index in [1.54, 1.807) is 0 Å². The van der Waals surface area contributed by atoms with Crippen molar-refractivity contribution in [3.8, 4) is 62.2 Å². The third-order valence-electron chi connectivity index (χ3n) is 16.5. The monoisotopic (exact) mass is 1260 g/mol. The molecular weight excluding hydrogens is 1190 g/mol. The van der Waals surface area contributed by atoms with Gasteiger partial charge in [-0.25, -0.2) is 4.98 Å². The zero-order chi connectivity index (χ0) is 56.6. The fraction of sp³-hybridized carbons (Fsp3) is 0.243. The topological polar surface area (TPSA) is 82.1 Å². The quantitative estimate of drug-likeness (QED) is 0.153. The van der Waals surface area contributed by atoms with Gasteiger partial charge in [0, 0.05) is 54.0 Å². The molecule has 414 valence electrons. The molecule has 7 nitrogen and oxygen atoms in total. The molecule has 82 heavy (non-hydrogen) atoms. The number of benzene rings is 9. The van der Waals surface area contributed by atoms with Gasteiger partial charge in [0.15, 0.2) is 5.58 Å². The van der Waals surface area contributed by atoms with Crippen LogP contribution >= 0.6 is 0 Å². The van der Waals surface area contributed by atoms with Crippen molar-refractivity contribution >= 4 is 65.9 Å². The molecule has 0 spiro atoms. The molecule has 8 heteroatoms. The minimum atomic E-state index is -0.359. The van der Waals surface area contributed by atoms with Crippen LogP contribution in [0.1, 0.15) is 130 Å². The Balaban J connectivity index is 0.00000665. The Morgan fingerprint density at radius 3 is 1.83 bits per heavy atom. The molecule has 0 unspecified atom stereocenters. The van der Waals surface area contributed by atoms with Gasteiger partial charge in [0.1, 0.15) is 33.8 Å². The van der Waals surface area contributed by atoms with Crippen molar-refractivity contribution in [2.24, 2.45) is 0 Å². The summed E-state index contributed by atoms with van der Waals surface area (Å²) >= 11 is 0. The summed E-state index contributed by atoms with van der Waals surface area (Å²) in [6.45, 7) is 29.1. The van der Waals surface area contributed by atoms with E-state index in [0.29, 0.717) is 11.4 Å². The number of rotatable bonds is 8. The van der Waals surface area contributed by atoms with Gasteiger partial charge >= 0.3 is 0 Å². The first-order valence-electron chi connectivity index (χ1n) is 28.6. The van der Waals surface area contributed by atoms with Crippen LogP contribution in [-0.2, 0) is 37.3 Å². The third kappa shape index (κ3) is 8.90. The number of nitrogens with zero attached hydrogens (tertiary/aromatic N) is 4. The van der Waals surface area contributed by atoms with E-state index in [0.717, 1.165) is 128 Å². The first-order valence-corrected chi connectivity index (χ1v) is 28.6. The molecular formula is C74H69N4O3Pt-. The number of furan rings is 2. The van der Waals surface area contributed by atoms with Crippen LogP contribution in [0.25, 0.3) is 122 Å². The molecule has 0 saturated carbocycles. The molecule has 0 atom stereocenters. The maximum Gasteiger partial charge on any atom is 0.161 e. The van der Waals surface area contributed by atoms with E-state index in [1.807, 2.05) is 12.1 Å². The summed E-state index contributed by atoms with van der Waals surface area (Å²) in [5.41, 5.74) is 18.8. The molecule has 9 aromatic carbocycles. The van der Waals surface area contributed by atoms with Gasteiger partial charge in [-0.2, -0.15) is 0 Å². The number of phenolic OH excluding ortho intramolecular Hbond substituents is 1. The molecule has 4 aromatic heterocycles. The number of fused-ring (bicyclic) bond motifs is 10. The van der Waals surface area contributed by atoms with E-state index < -0.39 is 0 Å². The minimum Gasteiger partial charge on any atom is -0.507 e. The van der Waals surface area contributed by atoms with Crippen molar-refractivity contribution in [2.45, 2.75) is 118 Å². The Kier molecular flexibility index (Phi) is 13.2. The van der Waals surface area contributed by atoms with Crippen molar-refractivity contribution in [3.63, 3.8) is 0 Å². The van der Waals surface area contributed by atoms with Gasteiger partial charge in [-0.15, -0.1) is 29.3 Å². The van der Waals surface area contributed by atoms with Crippen LogP contribution < -0.4 is 0 Å².